The first-order valence-electron chi connectivity index (χ1n) is 5.51. The second-order valence-corrected chi connectivity index (χ2v) is 4.03. The van der Waals surface area contributed by atoms with Gasteiger partial charge in [-0.1, -0.05) is 12.1 Å². The number of rotatable bonds is 2. The van der Waals surface area contributed by atoms with Gasteiger partial charge in [0.15, 0.2) is 0 Å². The first-order valence-corrected chi connectivity index (χ1v) is 5.51. The summed E-state index contributed by atoms with van der Waals surface area (Å²) >= 11 is 0. The Morgan fingerprint density at radius 3 is 1.58 bits per heavy atom. The van der Waals surface area contributed by atoms with E-state index in [4.69, 9.17) is 10.5 Å². The molecule has 0 amide bonds. The van der Waals surface area contributed by atoms with E-state index < -0.39 is 11.6 Å². The van der Waals surface area contributed by atoms with Crippen LogP contribution in [0.15, 0.2) is 36.4 Å². The van der Waals surface area contributed by atoms with E-state index in [9.17, 15) is 8.78 Å². The SMILES string of the molecule is N#Cc1cc(Cc2ccc(F)c(C#N)c2)ccc1F. The van der Waals surface area contributed by atoms with Gasteiger partial charge in [0.25, 0.3) is 0 Å². The molecule has 0 aliphatic heterocycles. The number of nitriles is 2. The number of hydrogen-bond acceptors (Lipinski definition) is 2. The van der Waals surface area contributed by atoms with Crippen LogP contribution in [-0.4, -0.2) is 0 Å². The van der Waals surface area contributed by atoms with Gasteiger partial charge >= 0.3 is 0 Å². The third kappa shape index (κ3) is 2.75. The van der Waals surface area contributed by atoms with Gasteiger partial charge < -0.3 is 0 Å². The van der Waals surface area contributed by atoms with Gasteiger partial charge in [-0.15, -0.1) is 0 Å². The van der Waals surface area contributed by atoms with Crippen LogP contribution in [0, 0.1) is 34.3 Å². The summed E-state index contributed by atoms with van der Waals surface area (Å²) in [5, 5.41) is 17.5. The van der Waals surface area contributed by atoms with Crippen molar-refractivity contribution in [3.8, 4) is 12.1 Å². The molecular weight excluding hydrogens is 246 g/mol. The normalized spacial score (nSPS) is 9.68. The van der Waals surface area contributed by atoms with Crippen LogP contribution in [0.5, 0.6) is 0 Å². The van der Waals surface area contributed by atoms with Gasteiger partial charge in [0.2, 0.25) is 0 Å². The van der Waals surface area contributed by atoms with Gasteiger partial charge in [0.05, 0.1) is 11.1 Å². The molecule has 92 valence electrons. The van der Waals surface area contributed by atoms with Crippen molar-refractivity contribution < 1.29 is 8.78 Å². The zero-order valence-electron chi connectivity index (χ0n) is 9.82. The summed E-state index contributed by atoms with van der Waals surface area (Å²) in [6.07, 6.45) is 0.407. The molecule has 0 saturated carbocycles. The summed E-state index contributed by atoms with van der Waals surface area (Å²) in [7, 11) is 0. The molecule has 0 aliphatic carbocycles. The van der Waals surface area contributed by atoms with Gasteiger partial charge in [-0.3, -0.25) is 0 Å². The van der Waals surface area contributed by atoms with Crippen molar-refractivity contribution in [3.05, 3.63) is 70.3 Å². The fraction of sp³-hybridized carbons (Fsp3) is 0.0667. The molecule has 0 unspecified atom stereocenters. The van der Waals surface area contributed by atoms with Crippen molar-refractivity contribution in [2.45, 2.75) is 6.42 Å². The monoisotopic (exact) mass is 254 g/mol. The molecule has 0 atom stereocenters. The number of hydrogen-bond donors (Lipinski definition) is 0. The number of benzene rings is 2. The first-order chi connectivity index (χ1) is 9.13. The maximum absolute atomic E-state index is 13.2. The fourth-order valence-corrected chi connectivity index (χ4v) is 1.77. The minimum absolute atomic E-state index is 0.0277. The van der Waals surface area contributed by atoms with Crippen LogP contribution >= 0.6 is 0 Å². The molecule has 2 nitrogen and oxygen atoms in total. The summed E-state index contributed by atoms with van der Waals surface area (Å²) in [6.45, 7) is 0. The predicted octanol–water partition coefficient (Wildman–Crippen LogP) is 3.30. The summed E-state index contributed by atoms with van der Waals surface area (Å²) in [5.74, 6) is -1.13. The molecule has 4 heteroatoms. The molecule has 2 rings (SSSR count). The van der Waals surface area contributed by atoms with E-state index in [1.54, 1.807) is 24.3 Å². The van der Waals surface area contributed by atoms with E-state index in [-0.39, 0.29) is 11.1 Å². The van der Waals surface area contributed by atoms with E-state index in [1.165, 1.54) is 24.3 Å². The second-order valence-electron chi connectivity index (χ2n) is 4.03. The van der Waals surface area contributed by atoms with E-state index in [0.29, 0.717) is 6.42 Å². The fourth-order valence-electron chi connectivity index (χ4n) is 1.77. The molecule has 0 N–H and O–H groups in total. The van der Waals surface area contributed by atoms with Crippen molar-refractivity contribution >= 4 is 0 Å². The van der Waals surface area contributed by atoms with E-state index in [2.05, 4.69) is 0 Å². The van der Waals surface area contributed by atoms with Crippen molar-refractivity contribution in [1.82, 2.24) is 0 Å². The van der Waals surface area contributed by atoms with Gasteiger partial charge in [-0.2, -0.15) is 10.5 Å². The van der Waals surface area contributed by atoms with Gasteiger partial charge in [0.1, 0.15) is 23.8 Å². The summed E-state index contributed by atoms with van der Waals surface area (Å²) in [6, 6.07) is 12.0. The molecule has 0 heterocycles. The maximum Gasteiger partial charge on any atom is 0.140 e. The van der Waals surface area contributed by atoms with Crippen molar-refractivity contribution in [2.24, 2.45) is 0 Å². The molecule has 0 bridgehead atoms. The lowest BCUT2D eigenvalue weighted by atomic mass is 10.0. The molecule has 19 heavy (non-hydrogen) atoms. The van der Waals surface area contributed by atoms with Gasteiger partial charge in [0, 0.05) is 0 Å². The van der Waals surface area contributed by atoms with E-state index in [0.717, 1.165) is 11.1 Å². The molecule has 0 saturated heterocycles. The summed E-state index contributed by atoms with van der Waals surface area (Å²) in [5.41, 5.74) is 1.40. The Bertz CT molecular complexity index is 648. The highest BCUT2D eigenvalue weighted by Gasteiger charge is 2.06. The third-order valence-electron chi connectivity index (χ3n) is 2.71. The topological polar surface area (TPSA) is 47.6 Å². The van der Waals surface area contributed by atoms with Crippen LogP contribution in [0.3, 0.4) is 0 Å². The number of halogens is 2. The number of nitrogens with zero attached hydrogens (tertiary/aromatic N) is 2. The Morgan fingerprint density at radius 2 is 1.21 bits per heavy atom. The summed E-state index contributed by atoms with van der Waals surface area (Å²) in [4.78, 5) is 0. The third-order valence-corrected chi connectivity index (χ3v) is 2.71. The van der Waals surface area contributed by atoms with Gasteiger partial charge in [-0.05, 0) is 41.8 Å². The van der Waals surface area contributed by atoms with Crippen LogP contribution in [0.4, 0.5) is 8.78 Å². The highest BCUT2D eigenvalue weighted by Crippen LogP contribution is 2.16. The Balaban J connectivity index is 2.32. The van der Waals surface area contributed by atoms with Crippen LogP contribution in [0.1, 0.15) is 22.3 Å². The molecule has 2 aromatic rings. The quantitative estimate of drug-likeness (QED) is 0.825. The van der Waals surface area contributed by atoms with Gasteiger partial charge in [-0.25, -0.2) is 8.78 Å². The second kappa shape index (κ2) is 5.29. The molecule has 2 aromatic carbocycles. The maximum atomic E-state index is 13.2. The van der Waals surface area contributed by atoms with E-state index in [1.807, 2.05) is 0 Å². The Morgan fingerprint density at radius 1 is 0.789 bits per heavy atom. The minimum atomic E-state index is -0.567. The zero-order valence-corrected chi connectivity index (χ0v) is 9.82. The minimum Gasteiger partial charge on any atom is -0.206 e. The molecule has 0 radical (unpaired) electrons. The highest BCUT2D eigenvalue weighted by molar-refractivity contribution is 5.39. The average Bonchev–Trinajstić information content (AvgIpc) is 2.43. The lowest BCUT2D eigenvalue weighted by Crippen LogP contribution is -1.93. The van der Waals surface area contributed by atoms with Crippen LogP contribution in [0.25, 0.3) is 0 Å². The van der Waals surface area contributed by atoms with Crippen LogP contribution in [-0.2, 0) is 6.42 Å². The largest absolute Gasteiger partial charge is 0.206 e. The smallest absolute Gasteiger partial charge is 0.140 e. The molecule has 0 fully saturated rings. The first kappa shape index (κ1) is 12.7. The molecule has 0 aromatic heterocycles. The summed E-state index contributed by atoms with van der Waals surface area (Å²) < 4.78 is 26.3. The Labute approximate surface area is 109 Å². The molecule has 0 aliphatic rings. The van der Waals surface area contributed by atoms with Crippen molar-refractivity contribution in [1.29, 1.82) is 10.5 Å². The van der Waals surface area contributed by atoms with Crippen molar-refractivity contribution in [2.75, 3.05) is 0 Å². The standard InChI is InChI=1S/C15H8F2N2/c16-14-3-1-10(6-12(14)8-18)5-11-2-4-15(17)13(7-11)9-19/h1-4,6-7H,5H2. The van der Waals surface area contributed by atoms with Crippen LogP contribution < -0.4 is 0 Å². The lowest BCUT2D eigenvalue weighted by Gasteiger charge is -2.04. The Hall–Kier alpha value is -2.72. The average molecular weight is 254 g/mol. The highest BCUT2D eigenvalue weighted by atomic mass is 19.1. The van der Waals surface area contributed by atoms with Crippen LogP contribution in [0.2, 0.25) is 0 Å². The molecular formula is C15H8F2N2. The predicted molar refractivity (Wildman–Crippen MR) is 65.0 cm³/mol. The van der Waals surface area contributed by atoms with Crippen molar-refractivity contribution in [3.63, 3.8) is 0 Å². The Kier molecular flexibility index (Phi) is 3.54. The van der Waals surface area contributed by atoms with E-state index >= 15 is 0 Å². The zero-order chi connectivity index (χ0) is 13.8. The molecule has 0 spiro atoms. The lowest BCUT2D eigenvalue weighted by molar-refractivity contribution is 0.622.